The highest BCUT2D eigenvalue weighted by Crippen LogP contribution is 2.51. The molecule has 0 amide bonds. The number of rotatable bonds is 8. The van der Waals surface area contributed by atoms with Crippen LogP contribution in [0.2, 0.25) is 0 Å². The van der Waals surface area contributed by atoms with E-state index in [2.05, 4.69) is 5.32 Å². The number of hydrogen-bond acceptors (Lipinski definition) is 3. The van der Waals surface area contributed by atoms with Gasteiger partial charge in [0.05, 0.1) is 24.7 Å². The number of halogens is 9. The Labute approximate surface area is 236 Å². The molecule has 0 bridgehead atoms. The standard InChI is InChI=1S/C29H44F9NO2/c30-20-12-8-17(9-13-20)22-21(15-41-14-16-4-2-1-3-5-16)26(29(36,37)38)39-24(27(31)32)23(22)25(40)18-6-10-19(11-7-18)28(33,34)35/h16-27,39-40H,1-15H2. The molecule has 3 aliphatic carbocycles. The van der Waals surface area contributed by atoms with Gasteiger partial charge in [0.2, 0.25) is 0 Å². The number of nitrogens with one attached hydrogen (secondary N) is 1. The Morgan fingerprint density at radius 3 is 1.90 bits per heavy atom. The lowest BCUT2D eigenvalue weighted by molar-refractivity contribution is -0.217. The molecule has 3 nitrogen and oxygen atoms in total. The molecular formula is C29H44F9NO2. The molecule has 240 valence electrons. The van der Waals surface area contributed by atoms with Gasteiger partial charge in [0.15, 0.2) is 0 Å². The van der Waals surface area contributed by atoms with Crippen LogP contribution in [0.5, 0.6) is 0 Å². The van der Waals surface area contributed by atoms with Crippen LogP contribution in [0.3, 0.4) is 0 Å². The first-order valence-electron chi connectivity index (χ1n) is 15.3. The Hall–Kier alpha value is -0.750. The predicted molar refractivity (Wildman–Crippen MR) is 135 cm³/mol. The second-order valence-electron chi connectivity index (χ2n) is 13.1. The van der Waals surface area contributed by atoms with Gasteiger partial charge in [-0.1, -0.05) is 19.3 Å². The van der Waals surface area contributed by atoms with E-state index in [9.17, 15) is 44.6 Å². The van der Waals surface area contributed by atoms with Crippen molar-refractivity contribution >= 4 is 0 Å². The van der Waals surface area contributed by atoms with Gasteiger partial charge in [0.1, 0.15) is 12.2 Å². The molecule has 2 N–H and O–H groups in total. The van der Waals surface area contributed by atoms with Crippen LogP contribution in [0, 0.1) is 41.4 Å². The third kappa shape index (κ3) is 8.25. The summed E-state index contributed by atoms with van der Waals surface area (Å²) in [6.07, 6.45) is -10.2. The molecule has 0 spiro atoms. The van der Waals surface area contributed by atoms with Gasteiger partial charge in [-0.2, -0.15) is 26.3 Å². The van der Waals surface area contributed by atoms with E-state index >= 15 is 0 Å². The number of alkyl halides is 9. The summed E-state index contributed by atoms with van der Waals surface area (Å²) in [5, 5.41) is 13.7. The molecule has 4 aliphatic rings. The van der Waals surface area contributed by atoms with E-state index in [0.717, 1.165) is 32.1 Å². The highest BCUT2D eigenvalue weighted by atomic mass is 19.4. The molecule has 0 radical (unpaired) electrons. The Morgan fingerprint density at radius 2 is 1.37 bits per heavy atom. The van der Waals surface area contributed by atoms with E-state index < -0.39 is 78.6 Å². The van der Waals surface area contributed by atoms with E-state index in [-0.39, 0.29) is 70.5 Å². The maximum Gasteiger partial charge on any atom is 0.404 e. The summed E-state index contributed by atoms with van der Waals surface area (Å²) in [6, 6.07) is -4.30. The van der Waals surface area contributed by atoms with Gasteiger partial charge in [-0.25, -0.2) is 13.2 Å². The summed E-state index contributed by atoms with van der Waals surface area (Å²) in [5.74, 6) is -6.28. The first kappa shape index (κ1) is 33.1. The van der Waals surface area contributed by atoms with Gasteiger partial charge in [-0.05, 0) is 87.9 Å². The SMILES string of the molecule is OC(C1CCC(C(F)(F)F)CC1)C1C(C(F)F)NC(C(F)(F)F)C(COCC2CCCCC2)C1C1CCC(F)CC1. The second kappa shape index (κ2) is 13.9. The van der Waals surface area contributed by atoms with Crippen LogP contribution in [0.4, 0.5) is 39.5 Å². The zero-order chi connectivity index (χ0) is 29.9. The van der Waals surface area contributed by atoms with E-state index in [0.29, 0.717) is 0 Å². The first-order valence-corrected chi connectivity index (χ1v) is 15.3. The van der Waals surface area contributed by atoms with Crippen LogP contribution in [0.1, 0.15) is 83.5 Å². The number of aliphatic hydroxyl groups excluding tert-OH is 1. The molecule has 3 saturated carbocycles. The Bertz CT molecular complexity index is 788. The predicted octanol–water partition coefficient (Wildman–Crippen LogP) is 7.86. The number of ether oxygens (including phenoxy) is 1. The van der Waals surface area contributed by atoms with Crippen LogP contribution in [0.25, 0.3) is 0 Å². The van der Waals surface area contributed by atoms with Gasteiger partial charge in [0.25, 0.3) is 6.43 Å². The Balaban J connectivity index is 1.63. The van der Waals surface area contributed by atoms with Gasteiger partial charge >= 0.3 is 12.4 Å². The highest BCUT2D eigenvalue weighted by Gasteiger charge is 2.60. The van der Waals surface area contributed by atoms with Crippen molar-refractivity contribution in [2.45, 2.75) is 127 Å². The normalized spacial score (nSPS) is 39.1. The number of aliphatic hydroxyl groups is 1. The molecule has 1 heterocycles. The zero-order valence-electron chi connectivity index (χ0n) is 23.3. The van der Waals surface area contributed by atoms with Crippen molar-refractivity contribution in [3.05, 3.63) is 0 Å². The Morgan fingerprint density at radius 1 is 0.756 bits per heavy atom. The van der Waals surface area contributed by atoms with Gasteiger partial charge in [-0.3, -0.25) is 5.32 Å². The molecule has 6 unspecified atom stereocenters. The Kier molecular flexibility index (Phi) is 11.2. The summed E-state index contributed by atoms with van der Waals surface area (Å²) in [4.78, 5) is 0. The molecule has 6 atom stereocenters. The molecule has 0 aromatic rings. The van der Waals surface area contributed by atoms with Crippen molar-refractivity contribution in [3.8, 4) is 0 Å². The van der Waals surface area contributed by atoms with Crippen LogP contribution >= 0.6 is 0 Å². The molecule has 12 heteroatoms. The minimum Gasteiger partial charge on any atom is -0.392 e. The van der Waals surface area contributed by atoms with Gasteiger partial charge in [0, 0.05) is 18.4 Å². The number of hydrogen-bond donors (Lipinski definition) is 2. The van der Waals surface area contributed by atoms with Crippen molar-refractivity contribution in [3.63, 3.8) is 0 Å². The van der Waals surface area contributed by atoms with Crippen molar-refractivity contribution in [1.29, 1.82) is 0 Å². The lowest BCUT2D eigenvalue weighted by atomic mass is 9.58. The van der Waals surface area contributed by atoms with Crippen LogP contribution in [-0.2, 0) is 4.74 Å². The fourth-order valence-electron chi connectivity index (χ4n) is 8.37. The molecule has 4 fully saturated rings. The third-order valence-electron chi connectivity index (χ3n) is 10.5. The molecule has 41 heavy (non-hydrogen) atoms. The lowest BCUT2D eigenvalue weighted by Gasteiger charge is -2.54. The maximum absolute atomic E-state index is 14.5. The zero-order valence-corrected chi connectivity index (χ0v) is 23.3. The lowest BCUT2D eigenvalue weighted by Crippen LogP contribution is -2.68. The topological polar surface area (TPSA) is 41.5 Å². The quantitative estimate of drug-likeness (QED) is 0.276. The summed E-state index contributed by atoms with van der Waals surface area (Å²) in [6.45, 7) is -0.0775. The summed E-state index contributed by atoms with van der Waals surface area (Å²) < 4.78 is 132. The van der Waals surface area contributed by atoms with Gasteiger partial charge in [-0.15, -0.1) is 0 Å². The molecule has 1 aliphatic heterocycles. The average molecular weight is 610 g/mol. The molecule has 0 aromatic carbocycles. The smallest absolute Gasteiger partial charge is 0.392 e. The van der Waals surface area contributed by atoms with E-state index in [1.807, 2.05) is 0 Å². The summed E-state index contributed by atoms with van der Waals surface area (Å²) in [5.41, 5.74) is 0. The molecule has 1 saturated heterocycles. The fraction of sp³-hybridized carbons (Fsp3) is 1.00. The highest BCUT2D eigenvalue weighted by molar-refractivity contribution is 5.06. The minimum absolute atomic E-state index is 0.0483. The van der Waals surface area contributed by atoms with Crippen molar-refractivity contribution < 1.29 is 49.4 Å². The van der Waals surface area contributed by atoms with Crippen molar-refractivity contribution in [2.24, 2.45) is 41.4 Å². The first-order chi connectivity index (χ1) is 19.3. The van der Waals surface area contributed by atoms with Crippen molar-refractivity contribution in [2.75, 3.05) is 13.2 Å². The van der Waals surface area contributed by atoms with Gasteiger partial charge < -0.3 is 9.84 Å². The summed E-state index contributed by atoms with van der Waals surface area (Å²) >= 11 is 0. The fourth-order valence-corrected chi connectivity index (χ4v) is 8.37. The minimum atomic E-state index is -4.87. The monoisotopic (exact) mass is 609 g/mol. The van der Waals surface area contributed by atoms with Crippen molar-refractivity contribution in [1.82, 2.24) is 5.32 Å². The van der Waals surface area contributed by atoms with E-state index in [4.69, 9.17) is 4.74 Å². The number of piperidine rings is 1. The maximum atomic E-state index is 14.5. The van der Waals surface area contributed by atoms with Crippen LogP contribution < -0.4 is 5.32 Å². The second-order valence-corrected chi connectivity index (χ2v) is 13.1. The molecule has 0 aromatic heterocycles. The summed E-state index contributed by atoms with van der Waals surface area (Å²) in [7, 11) is 0. The van der Waals surface area contributed by atoms with E-state index in [1.54, 1.807) is 0 Å². The molecule has 4 rings (SSSR count). The molecular weight excluding hydrogens is 565 g/mol. The van der Waals surface area contributed by atoms with Crippen LogP contribution in [0.15, 0.2) is 0 Å². The van der Waals surface area contributed by atoms with Crippen LogP contribution in [-0.4, -0.2) is 61.5 Å². The third-order valence-corrected chi connectivity index (χ3v) is 10.5. The average Bonchev–Trinajstić information content (AvgIpc) is 2.92. The van der Waals surface area contributed by atoms with E-state index in [1.165, 1.54) is 0 Å². The largest absolute Gasteiger partial charge is 0.404 e.